The normalized spacial score (nSPS) is 15.5. The summed E-state index contributed by atoms with van der Waals surface area (Å²) in [4.78, 5) is 33.0. The van der Waals surface area contributed by atoms with E-state index in [0.717, 1.165) is 39.2 Å². The first-order valence-corrected chi connectivity index (χ1v) is 15.3. The van der Waals surface area contributed by atoms with Crippen molar-refractivity contribution in [2.45, 2.75) is 18.7 Å². The van der Waals surface area contributed by atoms with E-state index in [4.69, 9.17) is 14.6 Å². The van der Waals surface area contributed by atoms with Gasteiger partial charge in [-0.15, -0.1) is 11.8 Å². The van der Waals surface area contributed by atoms with Crippen molar-refractivity contribution in [1.29, 1.82) is 0 Å². The van der Waals surface area contributed by atoms with E-state index in [9.17, 15) is 9.59 Å². The van der Waals surface area contributed by atoms with Crippen LogP contribution in [0, 0.1) is 6.92 Å². The molecule has 0 saturated heterocycles. The average molecular weight is 604 g/mol. The van der Waals surface area contributed by atoms with Gasteiger partial charge >= 0.3 is 0 Å². The smallest absolute Gasteiger partial charge is 0.240 e. The number of nitrogens with zero attached hydrogens (tertiary/aromatic N) is 4. The third-order valence-electron chi connectivity index (χ3n) is 7.65. The molecule has 9 nitrogen and oxygen atoms in total. The van der Waals surface area contributed by atoms with Crippen molar-refractivity contribution in [3.63, 3.8) is 0 Å². The number of aryl methyl sites for hydroxylation is 1. The summed E-state index contributed by atoms with van der Waals surface area (Å²) in [5, 5.41) is 7.84. The standard InChI is InChI=1S/C34H29N5O4S/c1-22-7-10-26(11-8-22)39-34-31(32(37-39)24-5-3-2-4-6-24)33(25-9-12-27-28(17-25)43-21-42-27)44-20-30(41)38(34)19-29(40)36-18-23-13-15-35-16-14-23/h2-17,33H,18-21H2,1H3,(H,36,40)/t33-/m0/s1. The molecule has 3 aromatic carbocycles. The topological polar surface area (TPSA) is 98.6 Å². The second-order valence-electron chi connectivity index (χ2n) is 10.6. The van der Waals surface area contributed by atoms with Gasteiger partial charge in [-0.1, -0.05) is 54.1 Å². The molecule has 0 unspecified atom stereocenters. The first-order valence-electron chi connectivity index (χ1n) is 14.3. The van der Waals surface area contributed by atoms with E-state index in [2.05, 4.69) is 10.3 Å². The Kier molecular flexibility index (Phi) is 7.49. The molecule has 10 heteroatoms. The lowest BCUT2D eigenvalue weighted by Gasteiger charge is -2.23. The maximum Gasteiger partial charge on any atom is 0.240 e. The summed E-state index contributed by atoms with van der Waals surface area (Å²) in [6.07, 6.45) is 3.37. The van der Waals surface area contributed by atoms with Crippen LogP contribution in [0.3, 0.4) is 0 Å². The number of nitrogens with one attached hydrogen (secondary N) is 1. The molecule has 0 saturated carbocycles. The maximum atomic E-state index is 14.0. The second-order valence-corrected chi connectivity index (χ2v) is 11.7. The summed E-state index contributed by atoms with van der Waals surface area (Å²) in [5.74, 6) is 1.66. The Balaban J connectivity index is 1.38. The van der Waals surface area contributed by atoms with Crippen molar-refractivity contribution >= 4 is 29.4 Å². The minimum atomic E-state index is -0.275. The third-order valence-corrected chi connectivity index (χ3v) is 8.91. The van der Waals surface area contributed by atoms with Gasteiger partial charge in [-0.05, 0) is 54.4 Å². The Labute approximate surface area is 258 Å². The fraction of sp³-hybridized carbons (Fsp3) is 0.176. The lowest BCUT2D eigenvalue weighted by Crippen LogP contribution is -2.42. The molecule has 44 heavy (non-hydrogen) atoms. The molecule has 0 bridgehead atoms. The molecule has 0 fully saturated rings. The van der Waals surface area contributed by atoms with Crippen LogP contribution in [0.1, 0.15) is 27.5 Å². The fourth-order valence-electron chi connectivity index (χ4n) is 5.43. The molecular formula is C34H29N5O4S. The van der Waals surface area contributed by atoms with Crippen LogP contribution in [0.15, 0.2) is 97.3 Å². The largest absolute Gasteiger partial charge is 0.454 e. The number of benzene rings is 3. The highest BCUT2D eigenvalue weighted by atomic mass is 32.2. The van der Waals surface area contributed by atoms with E-state index in [1.165, 1.54) is 11.8 Å². The molecule has 1 atom stereocenters. The minimum absolute atomic E-state index is 0.156. The van der Waals surface area contributed by atoms with Crippen LogP contribution in [0.2, 0.25) is 0 Å². The van der Waals surface area contributed by atoms with Crippen LogP contribution < -0.4 is 19.7 Å². The van der Waals surface area contributed by atoms with Gasteiger partial charge in [-0.3, -0.25) is 19.5 Å². The Bertz CT molecular complexity index is 1830. The predicted octanol–water partition coefficient (Wildman–Crippen LogP) is 5.46. The highest BCUT2D eigenvalue weighted by Crippen LogP contribution is 2.50. The molecule has 2 amide bonds. The number of aromatic nitrogens is 3. The number of thioether (sulfide) groups is 1. The van der Waals surface area contributed by atoms with E-state index in [-0.39, 0.29) is 36.2 Å². The molecule has 5 aromatic rings. The second kappa shape index (κ2) is 11.9. The van der Waals surface area contributed by atoms with Crippen molar-refractivity contribution in [2.75, 3.05) is 24.0 Å². The predicted molar refractivity (Wildman–Crippen MR) is 169 cm³/mol. The molecule has 0 radical (unpaired) electrons. The number of pyridine rings is 1. The maximum absolute atomic E-state index is 14.0. The Morgan fingerprint density at radius 2 is 1.75 bits per heavy atom. The zero-order valence-electron chi connectivity index (χ0n) is 24.0. The van der Waals surface area contributed by atoms with Gasteiger partial charge in [0.05, 0.1) is 22.4 Å². The number of rotatable bonds is 7. The van der Waals surface area contributed by atoms with Crippen LogP contribution in [0.5, 0.6) is 11.5 Å². The van der Waals surface area contributed by atoms with Crippen molar-refractivity contribution in [1.82, 2.24) is 20.1 Å². The van der Waals surface area contributed by atoms with Gasteiger partial charge < -0.3 is 14.8 Å². The van der Waals surface area contributed by atoms with Crippen molar-refractivity contribution in [3.8, 4) is 28.4 Å². The van der Waals surface area contributed by atoms with Gasteiger partial charge in [0, 0.05) is 30.1 Å². The summed E-state index contributed by atoms with van der Waals surface area (Å²) in [6, 6.07) is 27.5. The van der Waals surface area contributed by atoms with Gasteiger partial charge in [-0.2, -0.15) is 5.10 Å². The van der Waals surface area contributed by atoms with Crippen molar-refractivity contribution in [3.05, 3.63) is 120 Å². The van der Waals surface area contributed by atoms with E-state index in [1.54, 1.807) is 22.0 Å². The number of fused-ring (bicyclic) bond motifs is 2. The average Bonchev–Trinajstić information content (AvgIpc) is 3.66. The van der Waals surface area contributed by atoms with Crippen LogP contribution >= 0.6 is 11.8 Å². The number of anilines is 1. The zero-order chi connectivity index (χ0) is 30.0. The van der Waals surface area contributed by atoms with E-state index in [0.29, 0.717) is 23.9 Å². The van der Waals surface area contributed by atoms with Crippen LogP contribution in [-0.4, -0.2) is 45.7 Å². The molecular weight excluding hydrogens is 574 g/mol. The number of hydrogen-bond donors (Lipinski definition) is 1. The van der Waals surface area contributed by atoms with Gasteiger partial charge in [0.1, 0.15) is 12.4 Å². The molecule has 0 spiro atoms. The molecule has 0 aliphatic carbocycles. The Hall–Kier alpha value is -5.09. The first-order chi connectivity index (χ1) is 21.5. The van der Waals surface area contributed by atoms with E-state index >= 15 is 0 Å². The molecule has 2 aromatic heterocycles. The highest BCUT2D eigenvalue weighted by molar-refractivity contribution is 8.00. The minimum Gasteiger partial charge on any atom is -0.454 e. The van der Waals surface area contributed by atoms with Crippen LogP contribution in [0.25, 0.3) is 16.9 Å². The molecule has 220 valence electrons. The summed E-state index contributed by atoms with van der Waals surface area (Å²) in [5.41, 5.74) is 6.29. The van der Waals surface area contributed by atoms with Gasteiger partial charge in [0.15, 0.2) is 11.5 Å². The molecule has 2 aliphatic heterocycles. The number of hydrogen-bond acceptors (Lipinski definition) is 7. The lowest BCUT2D eigenvalue weighted by atomic mass is 9.99. The van der Waals surface area contributed by atoms with Crippen LogP contribution in [0.4, 0.5) is 5.82 Å². The third kappa shape index (κ3) is 5.40. The Morgan fingerprint density at radius 3 is 2.55 bits per heavy atom. The summed E-state index contributed by atoms with van der Waals surface area (Å²) < 4.78 is 13.1. The van der Waals surface area contributed by atoms with Gasteiger partial charge in [0.25, 0.3) is 0 Å². The molecule has 7 rings (SSSR count). The number of carbonyl (C=O) groups excluding carboxylic acids is 2. The molecule has 4 heterocycles. The van der Waals surface area contributed by atoms with Crippen molar-refractivity contribution in [2.24, 2.45) is 0 Å². The number of carbonyl (C=O) groups is 2. The summed E-state index contributed by atoms with van der Waals surface area (Å²) in [6.45, 7) is 2.37. The summed E-state index contributed by atoms with van der Waals surface area (Å²) >= 11 is 1.51. The van der Waals surface area contributed by atoms with Gasteiger partial charge in [0.2, 0.25) is 18.6 Å². The SMILES string of the molecule is Cc1ccc(-n2nc(-c3ccccc3)c3c2N(CC(=O)NCc2ccncc2)C(=O)CS[C@H]3c2ccc3c(c2)OCO3)cc1. The highest BCUT2D eigenvalue weighted by Gasteiger charge is 2.38. The Morgan fingerprint density at radius 1 is 0.977 bits per heavy atom. The van der Waals surface area contributed by atoms with Gasteiger partial charge in [-0.25, -0.2) is 4.68 Å². The first kappa shape index (κ1) is 27.7. The lowest BCUT2D eigenvalue weighted by molar-refractivity contribution is -0.123. The number of amides is 2. The monoisotopic (exact) mass is 603 g/mol. The molecule has 2 aliphatic rings. The van der Waals surface area contributed by atoms with E-state index in [1.807, 2.05) is 91.9 Å². The molecule has 1 N–H and O–H groups in total. The van der Waals surface area contributed by atoms with E-state index < -0.39 is 0 Å². The summed E-state index contributed by atoms with van der Waals surface area (Å²) in [7, 11) is 0. The number of ether oxygens (including phenoxy) is 2. The van der Waals surface area contributed by atoms with Crippen LogP contribution in [-0.2, 0) is 16.1 Å². The van der Waals surface area contributed by atoms with Crippen molar-refractivity contribution < 1.29 is 19.1 Å². The fourth-order valence-corrected chi connectivity index (χ4v) is 6.62. The quantitative estimate of drug-likeness (QED) is 0.264. The zero-order valence-corrected chi connectivity index (χ0v) is 24.8.